The Morgan fingerprint density at radius 3 is 2.29 bits per heavy atom. The van der Waals surface area contributed by atoms with Crippen LogP contribution in [-0.2, 0) is 11.8 Å². The van der Waals surface area contributed by atoms with Gasteiger partial charge in [-0.3, -0.25) is 9.59 Å². The van der Waals surface area contributed by atoms with Crippen molar-refractivity contribution in [3.63, 3.8) is 0 Å². The van der Waals surface area contributed by atoms with Crippen LogP contribution in [0.15, 0.2) is 30.5 Å². The monoisotopic (exact) mass is 328 g/mol. The highest BCUT2D eigenvalue weighted by Crippen LogP contribution is 2.19. The first-order valence-electron chi connectivity index (χ1n) is 7.49. The SMILES string of the molecule is CC(=O)c1cc(C(=O)NC(C(=O)O)c2ccc(C)c(C)c2)n(C)c1. The highest BCUT2D eigenvalue weighted by molar-refractivity contribution is 6.00. The predicted molar refractivity (Wildman–Crippen MR) is 89.2 cm³/mol. The quantitative estimate of drug-likeness (QED) is 0.825. The van der Waals surface area contributed by atoms with Crippen molar-refractivity contribution in [1.82, 2.24) is 9.88 Å². The zero-order valence-electron chi connectivity index (χ0n) is 14.1. The van der Waals surface area contributed by atoms with Gasteiger partial charge in [-0.15, -0.1) is 0 Å². The van der Waals surface area contributed by atoms with Crippen LogP contribution < -0.4 is 5.32 Å². The summed E-state index contributed by atoms with van der Waals surface area (Å²) in [6.07, 6.45) is 1.54. The highest BCUT2D eigenvalue weighted by Gasteiger charge is 2.24. The van der Waals surface area contributed by atoms with Crippen LogP contribution in [0.1, 0.15) is 50.5 Å². The molecule has 1 aromatic heterocycles. The van der Waals surface area contributed by atoms with E-state index in [1.54, 1.807) is 25.4 Å². The van der Waals surface area contributed by atoms with E-state index in [1.807, 2.05) is 19.9 Å². The fraction of sp³-hybridized carbons (Fsp3) is 0.278. The number of aromatic nitrogens is 1. The smallest absolute Gasteiger partial charge is 0.330 e. The first kappa shape index (κ1) is 17.5. The van der Waals surface area contributed by atoms with E-state index in [-0.39, 0.29) is 11.5 Å². The van der Waals surface area contributed by atoms with Crippen molar-refractivity contribution in [2.75, 3.05) is 0 Å². The van der Waals surface area contributed by atoms with E-state index in [2.05, 4.69) is 5.32 Å². The van der Waals surface area contributed by atoms with Crippen molar-refractivity contribution >= 4 is 17.7 Å². The molecule has 0 bridgehead atoms. The number of carboxylic acid groups (broad SMARTS) is 1. The summed E-state index contributed by atoms with van der Waals surface area (Å²) in [5.41, 5.74) is 3.13. The lowest BCUT2D eigenvalue weighted by molar-refractivity contribution is -0.139. The molecule has 1 aromatic carbocycles. The maximum absolute atomic E-state index is 12.4. The van der Waals surface area contributed by atoms with Gasteiger partial charge < -0.3 is 15.0 Å². The fourth-order valence-corrected chi connectivity index (χ4v) is 2.42. The van der Waals surface area contributed by atoms with E-state index < -0.39 is 17.9 Å². The van der Waals surface area contributed by atoms with Crippen LogP contribution in [0.25, 0.3) is 0 Å². The molecule has 0 saturated heterocycles. The summed E-state index contributed by atoms with van der Waals surface area (Å²) < 4.78 is 1.51. The van der Waals surface area contributed by atoms with Crippen molar-refractivity contribution in [3.05, 3.63) is 58.4 Å². The number of aliphatic carboxylic acids is 1. The van der Waals surface area contributed by atoms with E-state index in [9.17, 15) is 19.5 Å². The molecule has 24 heavy (non-hydrogen) atoms. The van der Waals surface area contributed by atoms with Crippen LogP contribution in [0.4, 0.5) is 0 Å². The normalized spacial score (nSPS) is 11.8. The lowest BCUT2D eigenvalue weighted by Crippen LogP contribution is -2.34. The summed E-state index contributed by atoms with van der Waals surface area (Å²) in [6.45, 7) is 5.22. The zero-order chi connectivity index (χ0) is 18.0. The van der Waals surface area contributed by atoms with Gasteiger partial charge >= 0.3 is 5.97 Å². The van der Waals surface area contributed by atoms with Gasteiger partial charge in [-0.25, -0.2) is 4.79 Å². The summed E-state index contributed by atoms with van der Waals surface area (Å²) in [4.78, 5) is 35.4. The molecule has 0 saturated carbocycles. The summed E-state index contributed by atoms with van der Waals surface area (Å²) in [6, 6.07) is 5.56. The van der Waals surface area contributed by atoms with E-state index in [4.69, 9.17) is 0 Å². The van der Waals surface area contributed by atoms with Crippen LogP contribution in [0.3, 0.4) is 0 Å². The molecular weight excluding hydrogens is 308 g/mol. The van der Waals surface area contributed by atoms with Crippen molar-refractivity contribution < 1.29 is 19.5 Å². The number of carboxylic acids is 1. The molecule has 0 fully saturated rings. The van der Waals surface area contributed by atoms with E-state index in [0.29, 0.717) is 11.1 Å². The second-order valence-electron chi connectivity index (χ2n) is 5.87. The second-order valence-corrected chi connectivity index (χ2v) is 5.87. The fourth-order valence-electron chi connectivity index (χ4n) is 2.42. The Morgan fingerprint density at radius 2 is 1.79 bits per heavy atom. The van der Waals surface area contributed by atoms with Crippen LogP contribution in [-0.4, -0.2) is 27.3 Å². The lowest BCUT2D eigenvalue weighted by Gasteiger charge is -2.16. The summed E-state index contributed by atoms with van der Waals surface area (Å²) in [7, 11) is 1.63. The summed E-state index contributed by atoms with van der Waals surface area (Å²) >= 11 is 0. The number of amides is 1. The molecule has 0 aliphatic carbocycles. The van der Waals surface area contributed by atoms with Crippen molar-refractivity contribution in [1.29, 1.82) is 0 Å². The summed E-state index contributed by atoms with van der Waals surface area (Å²) in [5.74, 6) is -1.85. The van der Waals surface area contributed by atoms with Crippen LogP contribution in [0.5, 0.6) is 0 Å². The van der Waals surface area contributed by atoms with Gasteiger partial charge in [-0.2, -0.15) is 0 Å². The van der Waals surface area contributed by atoms with Gasteiger partial charge in [-0.1, -0.05) is 18.2 Å². The van der Waals surface area contributed by atoms with E-state index in [0.717, 1.165) is 11.1 Å². The minimum atomic E-state index is -1.16. The molecule has 126 valence electrons. The first-order valence-corrected chi connectivity index (χ1v) is 7.49. The maximum atomic E-state index is 12.4. The largest absolute Gasteiger partial charge is 0.479 e. The zero-order valence-corrected chi connectivity index (χ0v) is 14.1. The topological polar surface area (TPSA) is 88.4 Å². The Kier molecular flexibility index (Phi) is 4.87. The third-order valence-corrected chi connectivity index (χ3v) is 4.03. The number of nitrogens with one attached hydrogen (secondary N) is 1. The van der Waals surface area contributed by atoms with Crippen LogP contribution in [0.2, 0.25) is 0 Å². The van der Waals surface area contributed by atoms with Crippen LogP contribution >= 0.6 is 0 Å². The number of benzene rings is 1. The Labute approximate surface area is 140 Å². The minimum Gasteiger partial charge on any atom is -0.479 e. The van der Waals surface area contributed by atoms with E-state index >= 15 is 0 Å². The van der Waals surface area contributed by atoms with Crippen molar-refractivity contribution in [2.45, 2.75) is 26.8 Å². The second kappa shape index (κ2) is 6.70. The molecule has 0 radical (unpaired) electrons. The Balaban J connectivity index is 2.31. The molecule has 1 atom stereocenters. The van der Waals surface area contributed by atoms with Crippen molar-refractivity contribution in [3.8, 4) is 0 Å². The average Bonchev–Trinajstić information content (AvgIpc) is 2.89. The Bertz CT molecular complexity index is 820. The number of rotatable bonds is 5. The first-order chi connectivity index (χ1) is 11.2. The molecule has 2 rings (SSSR count). The number of aryl methyl sites for hydroxylation is 3. The number of nitrogens with zero attached hydrogens (tertiary/aromatic N) is 1. The number of hydrogen-bond donors (Lipinski definition) is 2. The molecule has 6 nitrogen and oxygen atoms in total. The molecule has 2 aromatic rings. The molecule has 1 unspecified atom stereocenters. The van der Waals surface area contributed by atoms with Gasteiger partial charge in [0.2, 0.25) is 0 Å². The van der Waals surface area contributed by atoms with Crippen molar-refractivity contribution in [2.24, 2.45) is 7.05 Å². The summed E-state index contributed by atoms with van der Waals surface area (Å²) in [5, 5.41) is 12.0. The Hall–Kier alpha value is -2.89. The van der Waals surface area contributed by atoms with Crippen LogP contribution in [0, 0.1) is 13.8 Å². The molecule has 6 heteroatoms. The highest BCUT2D eigenvalue weighted by atomic mass is 16.4. The number of hydrogen-bond acceptors (Lipinski definition) is 3. The maximum Gasteiger partial charge on any atom is 0.330 e. The minimum absolute atomic E-state index is 0.159. The molecular formula is C18H20N2O4. The molecule has 1 heterocycles. The number of Topliss-reactive ketones (excluding diaryl/α,β-unsaturated/α-hetero) is 1. The van der Waals surface area contributed by atoms with Gasteiger partial charge in [0.15, 0.2) is 11.8 Å². The van der Waals surface area contributed by atoms with Gasteiger partial charge in [0.05, 0.1) is 0 Å². The number of carbonyl (C=O) groups is 3. The Morgan fingerprint density at radius 1 is 1.12 bits per heavy atom. The average molecular weight is 328 g/mol. The van der Waals surface area contributed by atoms with Gasteiger partial charge in [-0.05, 0) is 43.5 Å². The lowest BCUT2D eigenvalue weighted by atomic mass is 10.0. The molecule has 1 amide bonds. The standard InChI is InChI=1S/C18H20N2O4/c1-10-5-6-13(7-11(10)2)16(18(23)24)19-17(22)15-8-14(12(3)21)9-20(15)4/h5-9,16H,1-4H3,(H,19,22)(H,23,24). The number of ketones is 1. The third kappa shape index (κ3) is 3.53. The molecule has 0 aliphatic rings. The molecule has 2 N–H and O–H groups in total. The number of carbonyl (C=O) groups excluding carboxylic acids is 2. The van der Waals surface area contributed by atoms with Gasteiger partial charge in [0, 0.05) is 18.8 Å². The third-order valence-electron chi connectivity index (χ3n) is 4.03. The van der Waals surface area contributed by atoms with Gasteiger partial charge in [0.25, 0.3) is 5.91 Å². The van der Waals surface area contributed by atoms with Gasteiger partial charge in [0.1, 0.15) is 5.69 Å². The molecule has 0 aliphatic heterocycles. The molecule has 0 spiro atoms. The predicted octanol–water partition coefficient (Wildman–Crippen LogP) is 2.40. The van der Waals surface area contributed by atoms with E-state index in [1.165, 1.54) is 17.6 Å².